The van der Waals surface area contributed by atoms with E-state index in [-0.39, 0.29) is 11.7 Å². The maximum Gasteiger partial charge on any atom is 0.267 e. The van der Waals surface area contributed by atoms with E-state index in [1.54, 1.807) is 11.8 Å². The van der Waals surface area contributed by atoms with Crippen molar-refractivity contribution in [3.63, 3.8) is 0 Å². The molecular formula is C12H20N4O2S. The summed E-state index contributed by atoms with van der Waals surface area (Å²) in [5.41, 5.74) is 5.04. The number of hydrogen-bond acceptors (Lipinski definition) is 6. The summed E-state index contributed by atoms with van der Waals surface area (Å²) in [5, 5.41) is 10.7. The highest BCUT2D eigenvalue weighted by atomic mass is 32.1. The van der Waals surface area contributed by atoms with Gasteiger partial charge in [-0.25, -0.2) is 4.98 Å². The molecule has 1 unspecified atom stereocenters. The van der Waals surface area contributed by atoms with Gasteiger partial charge in [0.25, 0.3) is 5.91 Å². The molecule has 1 aliphatic heterocycles. The zero-order chi connectivity index (χ0) is 14.2. The second-order valence-electron chi connectivity index (χ2n) is 5.20. The monoisotopic (exact) mass is 284 g/mol. The number of anilines is 2. The van der Waals surface area contributed by atoms with Crippen LogP contribution in [0, 0.1) is 0 Å². The Hall–Kier alpha value is -1.34. The topological polar surface area (TPSA) is 82.7 Å². The molecule has 2 heterocycles. The molecule has 19 heavy (non-hydrogen) atoms. The maximum absolute atomic E-state index is 12.4. The molecule has 1 aromatic heterocycles. The molecule has 1 saturated heterocycles. The van der Waals surface area contributed by atoms with E-state index in [4.69, 9.17) is 5.73 Å². The van der Waals surface area contributed by atoms with Gasteiger partial charge in [0.1, 0.15) is 10.7 Å². The summed E-state index contributed by atoms with van der Waals surface area (Å²) in [4.78, 5) is 20.6. The summed E-state index contributed by atoms with van der Waals surface area (Å²) < 4.78 is 0. The predicted molar refractivity (Wildman–Crippen MR) is 76.6 cm³/mol. The number of hydrogen-bond donors (Lipinski definition) is 2. The first kappa shape index (κ1) is 14.1. The lowest BCUT2D eigenvalue weighted by atomic mass is 10.1. The summed E-state index contributed by atoms with van der Waals surface area (Å²) in [5.74, 6) is 0.139. The largest absolute Gasteiger partial charge is 0.388 e. The Bertz CT molecular complexity index is 486. The lowest BCUT2D eigenvalue weighted by molar-refractivity contribution is 0.0575. The van der Waals surface area contributed by atoms with Crippen LogP contribution in [0.2, 0.25) is 0 Å². The summed E-state index contributed by atoms with van der Waals surface area (Å²) in [7, 11) is 1.91. The molecule has 3 N–H and O–H groups in total. The number of rotatable bonds is 3. The number of nitrogen functional groups attached to an aromatic ring is 1. The number of thiazole rings is 1. The Balaban J connectivity index is 2.18. The van der Waals surface area contributed by atoms with Crippen molar-refractivity contribution in [2.24, 2.45) is 0 Å². The highest BCUT2D eigenvalue weighted by molar-refractivity contribution is 7.18. The number of aliphatic hydroxyl groups is 1. The molecule has 0 radical (unpaired) electrons. The van der Waals surface area contributed by atoms with Crippen LogP contribution in [0.15, 0.2) is 0 Å². The minimum atomic E-state index is -0.794. The van der Waals surface area contributed by atoms with Crippen LogP contribution in [-0.2, 0) is 0 Å². The number of carbonyl (C=O) groups excluding carboxylic acids is 1. The van der Waals surface area contributed by atoms with E-state index < -0.39 is 5.60 Å². The number of carbonyl (C=O) groups is 1. The van der Waals surface area contributed by atoms with Crippen molar-refractivity contribution in [2.45, 2.75) is 25.9 Å². The van der Waals surface area contributed by atoms with Crippen LogP contribution in [0.1, 0.15) is 29.9 Å². The Morgan fingerprint density at radius 3 is 2.89 bits per heavy atom. The molecule has 106 valence electrons. The van der Waals surface area contributed by atoms with E-state index >= 15 is 0 Å². The zero-order valence-corrected chi connectivity index (χ0v) is 12.3. The van der Waals surface area contributed by atoms with Crippen LogP contribution in [0.5, 0.6) is 0 Å². The van der Waals surface area contributed by atoms with Crippen LogP contribution < -0.4 is 10.6 Å². The number of likely N-dealkylation sites (tertiary alicyclic amines) is 1. The van der Waals surface area contributed by atoms with Crippen molar-refractivity contribution in [3.8, 4) is 0 Å². The number of aromatic nitrogens is 1. The summed E-state index contributed by atoms with van der Waals surface area (Å²) >= 11 is 1.30. The highest BCUT2D eigenvalue weighted by Gasteiger charge is 2.35. The van der Waals surface area contributed by atoms with Gasteiger partial charge in [-0.1, -0.05) is 11.3 Å². The van der Waals surface area contributed by atoms with Crippen LogP contribution in [-0.4, -0.2) is 53.2 Å². The highest BCUT2D eigenvalue weighted by Crippen LogP contribution is 2.30. The quantitative estimate of drug-likeness (QED) is 0.857. The smallest absolute Gasteiger partial charge is 0.267 e. The van der Waals surface area contributed by atoms with Crippen molar-refractivity contribution >= 4 is 28.2 Å². The zero-order valence-electron chi connectivity index (χ0n) is 11.5. The van der Waals surface area contributed by atoms with Gasteiger partial charge in [0.2, 0.25) is 0 Å². The molecule has 0 saturated carbocycles. The predicted octanol–water partition coefficient (Wildman–Crippen LogP) is 0.778. The number of amides is 1. The minimum absolute atomic E-state index is 0.136. The van der Waals surface area contributed by atoms with Crippen LogP contribution in [0.4, 0.5) is 10.9 Å². The molecule has 0 aromatic carbocycles. The Labute approximate surface area is 116 Å². The third-order valence-electron chi connectivity index (χ3n) is 3.38. The number of nitrogens with zero attached hydrogens (tertiary/aromatic N) is 3. The standard InChI is InChI=1S/C12H20N4O2S/c1-4-15(3)11-14-9(13)8(19-11)10(17)16-6-5-12(2,18)7-16/h18H,4-7,13H2,1-3H3. The van der Waals surface area contributed by atoms with Crippen LogP contribution in [0.3, 0.4) is 0 Å². The first-order chi connectivity index (χ1) is 8.84. The van der Waals surface area contributed by atoms with Crippen molar-refractivity contribution in [1.29, 1.82) is 0 Å². The molecule has 0 aliphatic carbocycles. The average Bonchev–Trinajstić information content (AvgIpc) is 2.90. The minimum Gasteiger partial charge on any atom is -0.388 e. The molecule has 0 spiro atoms. The molecule has 1 aliphatic rings. The van der Waals surface area contributed by atoms with E-state index in [1.807, 2.05) is 18.9 Å². The lowest BCUT2D eigenvalue weighted by Crippen LogP contribution is -2.33. The van der Waals surface area contributed by atoms with E-state index in [0.717, 1.165) is 11.7 Å². The van der Waals surface area contributed by atoms with Crippen molar-refractivity contribution < 1.29 is 9.90 Å². The summed E-state index contributed by atoms with van der Waals surface area (Å²) in [6.07, 6.45) is 0.596. The van der Waals surface area contributed by atoms with Gasteiger partial charge >= 0.3 is 0 Å². The van der Waals surface area contributed by atoms with E-state index in [1.165, 1.54) is 11.3 Å². The molecular weight excluding hydrogens is 264 g/mol. The van der Waals surface area contributed by atoms with Gasteiger partial charge < -0.3 is 20.6 Å². The fourth-order valence-electron chi connectivity index (χ4n) is 2.03. The second-order valence-corrected chi connectivity index (χ2v) is 6.18. The Morgan fingerprint density at radius 1 is 1.68 bits per heavy atom. The second kappa shape index (κ2) is 4.97. The third kappa shape index (κ3) is 2.82. The van der Waals surface area contributed by atoms with E-state index in [2.05, 4.69) is 4.98 Å². The maximum atomic E-state index is 12.4. The Kier molecular flexibility index (Phi) is 3.69. The van der Waals surface area contributed by atoms with Gasteiger partial charge in [-0.05, 0) is 20.3 Å². The van der Waals surface area contributed by atoms with Gasteiger partial charge in [0, 0.05) is 26.7 Å². The van der Waals surface area contributed by atoms with Crippen molar-refractivity contribution in [2.75, 3.05) is 37.3 Å². The normalized spacial score (nSPS) is 22.8. The number of nitrogens with two attached hydrogens (primary N) is 1. The van der Waals surface area contributed by atoms with E-state index in [0.29, 0.717) is 24.4 Å². The fourth-order valence-corrected chi connectivity index (χ4v) is 3.01. The first-order valence-corrected chi connectivity index (χ1v) is 7.15. The molecule has 7 heteroatoms. The molecule has 1 amide bonds. The van der Waals surface area contributed by atoms with Gasteiger partial charge in [0.05, 0.1) is 5.60 Å². The fraction of sp³-hybridized carbons (Fsp3) is 0.667. The number of β-amino-alcohol motifs (C(OH)–C–C–N with tert-alkyl or cyclic N) is 1. The Morgan fingerprint density at radius 2 is 2.37 bits per heavy atom. The first-order valence-electron chi connectivity index (χ1n) is 6.33. The molecule has 2 rings (SSSR count). The van der Waals surface area contributed by atoms with Crippen LogP contribution >= 0.6 is 11.3 Å². The molecule has 1 fully saturated rings. The van der Waals surface area contributed by atoms with Crippen molar-refractivity contribution in [3.05, 3.63) is 4.88 Å². The van der Waals surface area contributed by atoms with E-state index in [9.17, 15) is 9.90 Å². The third-order valence-corrected chi connectivity index (χ3v) is 4.55. The molecule has 1 aromatic rings. The van der Waals surface area contributed by atoms with Gasteiger partial charge in [-0.15, -0.1) is 0 Å². The summed E-state index contributed by atoms with van der Waals surface area (Å²) in [6, 6.07) is 0. The van der Waals surface area contributed by atoms with Gasteiger partial charge in [-0.3, -0.25) is 4.79 Å². The SMILES string of the molecule is CCN(C)c1nc(N)c(C(=O)N2CCC(C)(O)C2)s1. The van der Waals surface area contributed by atoms with Crippen molar-refractivity contribution in [1.82, 2.24) is 9.88 Å². The van der Waals surface area contributed by atoms with Crippen LogP contribution in [0.25, 0.3) is 0 Å². The summed E-state index contributed by atoms with van der Waals surface area (Å²) in [6.45, 7) is 5.46. The molecule has 0 bridgehead atoms. The molecule has 1 atom stereocenters. The lowest BCUT2D eigenvalue weighted by Gasteiger charge is -2.18. The average molecular weight is 284 g/mol. The molecule has 6 nitrogen and oxygen atoms in total. The van der Waals surface area contributed by atoms with Gasteiger partial charge in [-0.2, -0.15) is 0 Å². The van der Waals surface area contributed by atoms with Gasteiger partial charge in [0.15, 0.2) is 5.13 Å².